The van der Waals surface area contributed by atoms with Crippen molar-refractivity contribution in [1.29, 1.82) is 0 Å². The summed E-state index contributed by atoms with van der Waals surface area (Å²) >= 11 is 11.0. The molecule has 0 saturated carbocycles. The molecule has 0 nitrogen and oxygen atoms in total. The smallest absolute Gasteiger partial charge is 0.0519 e. The first kappa shape index (κ1) is 9.24. The van der Waals surface area contributed by atoms with Gasteiger partial charge in [-0.3, -0.25) is 0 Å². The first-order valence-corrected chi connectivity index (χ1v) is 4.75. The molecule has 8 heavy (non-hydrogen) atoms. The lowest BCUT2D eigenvalue weighted by atomic mass is 10.3. The molecule has 0 aliphatic heterocycles. The van der Waals surface area contributed by atoms with Gasteiger partial charge < -0.3 is 0 Å². The van der Waals surface area contributed by atoms with E-state index in [1.54, 1.807) is 0 Å². The standard InChI is InChI=1S/C5H7BrClI/c6-5(8)3-1-2-4-7/h3H,1-2,4H2/b5-3-. The number of halogens is 3. The molecule has 0 saturated heterocycles. The third-order valence-electron chi connectivity index (χ3n) is 0.636. The number of allylic oxidation sites excluding steroid dienone is 1. The van der Waals surface area contributed by atoms with Crippen LogP contribution in [0.5, 0.6) is 0 Å². The fourth-order valence-corrected chi connectivity index (χ4v) is 0.983. The van der Waals surface area contributed by atoms with Crippen LogP contribution in [0, 0.1) is 0 Å². The third kappa shape index (κ3) is 7.24. The minimum Gasteiger partial charge on any atom is -0.127 e. The monoisotopic (exact) mass is 308 g/mol. The minimum absolute atomic E-state index is 0.757. The van der Waals surface area contributed by atoms with Crippen molar-refractivity contribution in [2.24, 2.45) is 0 Å². The van der Waals surface area contributed by atoms with Gasteiger partial charge in [-0.25, -0.2) is 0 Å². The van der Waals surface area contributed by atoms with Crippen LogP contribution in [0.3, 0.4) is 0 Å². The molecule has 0 aliphatic carbocycles. The fourth-order valence-electron chi connectivity index (χ4n) is 0.288. The van der Waals surface area contributed by atoms with Gasteiger partial charge in [0.15, 0.2) is 0 Å². The second-order valence-electron chi connectivity index (χ2n) is 1.32. The largest absolute Gasteiger partial charge is 0.127 e. The summed E-state index contributed by atoms with van der Waals surface area (Å²) in [6.07, 6.45) is 4.26. The van der Waals surface area contributed by atoms with Crippen molar-refractivity contribution in [3.05, 3.63) is 8.57 Å². The van der Waals surface area contributed by atoms with Crippen LogP contribution in [0.1, 0.15) is 12.8 Å². The number of hydrogen-bond donors (Lipinski definition) is 0. The second kappa shape index (κ2) is 6.36. The summed E-state index contributed by atoms with van der Waals surface area (Å²) in [5, 5.41) is 0. The first-order chi connectivity index (χ1) is 3.77. The van der Waals surface area contributed by atoms with Crippen LogP contribution < -0.4 is 0 Å². The molecule has 0 fully saturated rings. The number of hydrogen-bond acceptors (Lipinski definition) is 0. The molecule has 0 amide bonds. The number of unbranched alkanes of at least 4 members (excludes halogenated alkanes) is 1. The van der Waals surface area contributed by atoms with E-state index < -0.39 is 0 Å². The molecule has 0 heterocycles. The van der Waals surface area contributed by atoms with Gasteiger partial charge in [-0.15, -0.1) is 11.6 Å². The van der Waals surface area contributed by atoms with Gasteiger partial charge in [-0.05, 0) is 51.4 Å². The Morgan fingerprint density at radius 2 is 2.38 bits per heavy atom. The van der Waals surface area contributed by atoms with E-state index in [0.717, 1.165) is 18.7 Å². The normalized spacial score (nSPS) is 12.1. The molecule has 0 bridgehead atoms. The van der Waals surface area contributed by atoms with E-state index in [1.165, 1.54) is 2.49 Å². The van der Waals surface area contributed by atoms with Gasteiger partial charge in [0.1, 0.15) is 0 Å². The van der Waals surface area contributed by atoms with E-state index in [-0.39, 0.29) is 0 Å². The molecule has 0 atom stereocenters. The fraction of sp³-hybridized carbons (Fsp3) is 0.600. The maximum atomic E-state index is 5.44. The Morgan fingerprint density at radius 1 is 1.75 bits per heavy atom. The van der Waals surface area contributed by atoms with Crippen LogP contribution in [0.25, 0.3) is 0 Å². The molecule has 0 spiro atoms. The zero-order chi connectivity index (χ0) is 6.41. The van der Waals surface area contributed by atoms with Crippen LogP contribution >= 0.6 is 50.1 Å². The molecule has 0 unspecified atom stereocenters. The molecule has 0 rings (SSSR count). The van der Waals surface area contributed by atoms with E-state index in [0.29, 0.717) is 0 Å². The number of alkyl halides is 1. The molecular formula is C5H7BrClI. The van der Waals surface area contributed by atoms with Crippen molar-refractivity contribution in [2.75, 3.05) is 5.88 Å². The Labute approximate surface area is 76.9 Å². The van der Waals surface area contributed by atoms with Crippen molar-refractivity contribution in [3.63, 3.8) is 0 Å². The molecular weight excluding hydrogens is 302 g/mol. The Hall–Kier alpha value is 1.24. The van der Waals surface area contributed by atoms with E-state index in [4.69, 9.17) is 11.6 Å². The predicted molar refractivity (Wildman–Crippen MR) is 51.0 cm³/mol. The Morgan fingerprint density at radius 3 is 2.75 bits per heavy atom. The highest BCUT2D eigenvalue weighted by Crippen LogP contribution is 2.14. The Kier molecular flexibility index (Phi) is 7.35. The quantitative estimate of drug-likeness (QED) is 0.424. The van der Waals surface area contributed by atoms with Gasteiger partial charge in [-0.2, -0.15) is 0 Å². The molecule has 0 aliphatic rings. The highest BCUT2D eigenvalue weighted by atomic mass is 127. The minimum atomic E-state index is 0.757. The van der Waals surface area contributed by atoms with Crippen LogP contribution in [0.2, 0.25) is 0 Å². The lowest BCUT2D eigenvalue weighted by Crippen LogP contribution is -1.69. The van der Waals surface area contributed by atoms with Gasteiger partial charge in [0.25, 0.3) is 0 Å². The predicted octanol–water partition coefficient (Wildman–Crippen LogP) is 3.68. The average Bonchev–Trinajstić information content (AvgIpc) is 1.66. The van der Waals surface area contributed by atoms with E-state index in [9.17, 15) is 0 Å². The van der Waals surface area contributed by atoms with Gasteiger partial charge in [0.2, 0.25) is 0 Å². The Balaban J connectivity index is 3.03. The summed E-state index contributed by atoms with van der Waals surface area (Å²) in [5.74, 6) is 0.757. The van der Waals surface area contributed by atoms with Gasteiger partial charge in [0.05, 0.1) is 2.49 Å². The van der Waals surface area contributed by atoms with Crippen molar-refractivity contribution in [2.45, 2.75) is 12.8 Å². The summed E-state index contributed by atoms with van der Waals surface area (Å²) in [6, 6.07) is 0. The van der Waals surface area contributed by atoms with Crippen molar-refractivity contribution in [3.8, 4) is 0 Å². The van der Waals surface area contributed by atoms with Crippen molar-refractivity contribution in [1.82, 2.24) is 0 Å². The van der Waals surface area contributed by atoms with Gasteiger partial charge in [0, 0.05) is 5.88 Å². The molecule has 48 valence electrons. The van der Waals surface area contributed by atoms with E-state index >= 15 is 0 Å². The molecule has 0 aromatic rings. The topological polar surface area (TPSA) is 0 Å². The highest BCUT2D eigenvalue weighted by Gasteiger charge is 1.81. The highest BCUT2D eigenvalue weighted by molar-refractivity contribution is 14.1. The summed E-state index contributed by atoms with van der Waals surface area (Å²) in [6.45, 7) is 0. The summed E-state index contributed by atoms with van der Waals surface area (Å²) in [5.41, 5.74) is 0. The molecule has 0 aromatic heterocycles. The van der Waals surface area contributed by atoms with Crippen LogP contribution in [0.4, 0.5) is 0 Å². The molecule has 3 heteroatoms. The van der Waals surface area contributed by atoms with E-state index in [1.807, 2.05) is 0 Å². The maximum Gasteiger partial charge on any atom is 0.0519 e. The summed E-state index contributed by atoms with van der Waals surface area (Å²) in [7, 11) is 0. The van der Waals surface area contributed by atoms with Crippen molar-refractivity contribution < 1.29 is 0 Å². The summed E-state index contributed by atoms with van der Waals surface area (Å²) in [4.78, 5) is 0. The SMILES string of the molecule is ClCCC/C=C(/Br)I. The maximum absolute atomic E-state index is 5.44. The zero-order valence-corrected chi connectivity index (χ0v) is 8.83. The average molecular weight is 309 g/mol. The molecule has 0 radical (unpaired) electrons. The number of rotatable bonds is 3. The lowest BCUT2D eigenvalue weighted by Gasteiger charge is -1.85. The second-order valence-corrected chi connectivity index (χ2v) is 5.20. The third-order valence-corrected chi connectivity index (χ3v) is 1.67. The van der Waals surface area contributed by atoms with Crippen molar-refractivity contribution >= 4 is 50.1 Å². The van der Waals surface area contributed by atoms with Crippen LogP contribution in [-0.4, -0.2) is 5.88 Å². The summed E-state index contributed by atoms with van der Waals surface area (Å²) < 4.78 is 1.17. The first-order valence-electron chi connectivity index (χ1n) is 2.34. The van der Waals surface area contributed by atoms with E-state index in [2.05, 4.69) is 44.6 Å². The zero-order valence-electron chi connectivity index (χ0n) is 4.33. The van der Waals surface area contributed by atoms with Gasteiger partial charge >= 0.3 is 0 Å². The van der Waals surface area contributed by atoms with Crippen LogP contribution in [-0.2, 0) is 0 Å². The molecule has 0 N–H and O–H groups in total. The Bertz CT molecular complexity index is 78.5. The molecule has 0 aromatic carbocycles. The van der Waals surface area contributed by atoms with Gasteiger partial charge in [-0.1, -0.05) is 6.08 Å². The van der Waals surface area contributed by atoms with Crippen LogP contribution in [0.15, 0.2) is 8.57 Å². The lowest BCUT2D eigenvalue weighted by molar-refractivity contribution is 0.968.